The Morgan fingerprint density at radius 1 is 1.36 bits per heavy atom. The summed E-state index contributed by atoms with van der Waals surface area (Å²) >= 11 is 1.50. The molecule has 0 spiro atoms. The highest BCUT2D eigenvalue weighted by Gasteiger charge is 2.20. The molecule has 6 nitrogen and oxygen atoms in total. The summed E-state index contributed by atoms with van der Waals surface area (Å²) in [6.45, 7) is 2.68. The third-order valence-electron chi connectivity index (χ3n) is 4.84. The molecule has 8 heteroatoms. The van der Waals surface area contributed by atoms with E-state index < -0.39 is 0 Å². The molecule has 1 aromatic carbocycles. The molecule has 1 saturated heterocycles. The third-order valence-corrected chi connectivity index (χ3v) is 5.71. The van der Waals surface area contributed by atoms with E-state index in [4.69, 9.17) is 0 Å². The molecule has 0 aliphatic carbocycles. The van der Waals surface area contributed by atoms with E-state index in [0.29, 0.717) is 24.0 Å². The topological polar surface area (TPSA) is 71.8 Å². The van der Waals surface area contributed by atoms with Gasteiger partial charge in [0.05, 0.1) is 10.6 Å². The van der Waals surface area contributed by atoms with Crippen molar-refractivity contribution in [2.45, 2.75) is 19.3 Å². The molecule has 28 heavy (non-hydrogen) atoms. The molecular formula is C20H22FN5OS. The second-order valence-corrected chi connectivity index (χ2v) is 7.83. The Morgan fingerprint density at radius 3 is 3.04 bits per heavy atom. The standard InChI is InChI=1S/C20H22FN5OS/c21-15-5-1-6-16(12-15)26-19(17-7-3-11-28-17)24-18(25-26)20(27)23-10-8-14-4-2-9-22-13-14/h1,3,5-7,11-12,14,22H,2,4,8-10,13H2,(H,23,27). The minimum absolute atomic E-state index is 0.0921. The number of nitrogens with one attached hydrogen (secondary N) is 2. The molecule has 2 aromatic heterocycles. The van der Waals surface area contributed by atoms with Gasteiger partial charge in [-0.25, -0.2) is 14.1 Å². The van der Waals surface area contributed by atoms with Gasteiger partial charge < -0.3 is 10.6 Å². The van der Waals surface area contributed by atoms with Crippen LogP contribution in [0.25, 0.3) is 16.4 Å². The number of carbonyl (C=O) groups excluding carboxylic acids is 1. The van der Waals surface area contributed by atoms with Gasteiger partial charge in [0.2, 0.25) is 5.82 Å². The van der Waals surface area contributed by atoms with Crippen LogP contribution in [0, 0.1) is 11.7 Å². The highest BCUT2D eigenvalue weighted by Crippen LogP contribution is 2.25. The molecule has 1 atom stereocenters. The van der Waals surface area contributed by atoms with Gasteiger partial charge in [0.15, 0.2) is 5.82 Å². The Balaban J connectivity index is 1.52. The summed E-state index contributed by atoms with van der Waals surface area (Å²) in [7, 11) is 0. The van der Waals surface area contributed by atoms with Gasteiger partial charge in [-0.2, -0.15) is 0 Å². The van der Waals surface area contributed by atoms with Gasteiger partial charge >= 0.3 is 0 Å². The van der Waals surface area contributed by atoms with E-state index >= 15 is 0 Å². The molecular weight excluding hydrogens is 377 g/mol. The summed E-state index contributed by atoms with van der Waals surface area (Å²) < 4.78 is 15.2. The van der Waals surface area contributed by atoms with Gasteiger partial charge in [-0.15, -0.1) is 16.4 Å². The van der Waals surface area contributed by atoms with Gasteiger partial charge in [-0.05, 0) is 67.9 Å². The molecule has 1 aliphatic rings. The predicted molar refractivity (Wildman–Crippen MR) is 107 cm³/mol. The maximum atomic E-state index is 13.7. The Kier molecular flexibility index (Phi) is 5.78. The van der Waals surface area contributed by atoms with Crippen molar-refractivity contribution in [1.82, 2.24) is 25.4 Å². The fraction of sp³-hybridized carbons (Fsp3) is 0.350. The number of nitrogens with zero attached hydrogens (tertiary/aromatic N) is 3. The van der Waals surface area contributed by atoms with Crippen LogP contribution >= 0.6 is 11.3 Å². The molecule has 1 aliphatic heterocycles. The van der Waals surface area contributed by atoms with Crippen LogP contribution in [0.2, 0.25) is 0 Å². The zero-order chi connectivity index (χ0) is 19.3. The molecule has 0 saturated carbocycles. The summed E-state index contributed by atoms with van der Waals surface area (Å²) in [6.07, 6.45) is 3.31. The molecule has 4 rings (SSSR count). The number of hydrogen-bond donors (Lipinski definition) is 2. The largest absolute Gasteiger partial charge is 0.349 e. The van der Waals surface area contributed by atoms with Gasteiger partial charge in [0.25, 0.3) is 5.91 Å². The maximum Gasteiger partial charge on any atom is 0.290 e. The molecule has 0 radical (unpaired) electrons. The lowest BCUT2D eigenvalue weighted by molar-refractivity contribution is 0.0940. The zero-order valence-electron chi connectivity index (χ0n) is 15.4. The van der Waals surface area contributed by atoms with Gasteiger partial charge in [0.1, 0.15) is 5.82 Å². The molecule has 146 valence electrons. The van der Waals surface area contributed by atoms with Gasteiger partial charge in [-0.3, -0.25) is 4.79 Å². The van der Waals surface area contributed by atoms with Crippen molar-refractivity contribution in [3.63, 3.8) is 0 Å². The smallest absolute Gasteiger partial charge is 0.290 e. The lowest BCUT2D eigenvalue weighted by Gasteiger charge is -2.22. The number of halogens is 1. The van der Waals surface area contributed by atoms with E-state index in [9.17, 15) is 9.18 Å². The lowest BCUT2D eigenvalue weighted by atomic mass is 9.96. The van der Waals surface area contributed by atoms with Crippen LogP contribution in [0.5, 0.6) is 0 Å². The Morgan fingerprint density at radius 2 is 2.29 bits per heavy atom. The van der Waals surface area contributed by atoms with Crippen molar-refractivity contribution in [2.75, 3.05) is 19.6 Å². The highest BCUT2D eigenvalue weighted by atomic mass is 32.1. The molecule has 0 bridgehead atoms. The third kappa shape index (κ3) is 4.28. The van der Waals surface area contributed by atoms with Crippen molar-refractivity contribution in [2.24, 2.45) is 5.92 Å². The van der Waals surface area contributed by atoms with Crippen LogP contribution in [-0.4, -0.2) is 40.3 Å². The summed E-state index contributed by atoms with van der Waals surface area (Å²) in [5.41, 5.74) is 0.531. The number of amides is 1. The van der Waals surface area contributed by atoms with Crippen LogP contribution in [0.4, 0.5) is 4.39 Å². The first-order valence-corrected chi connectivity index (χ1v) is 10.3. The Hall–Kier alpha value is -2.58. The average Bonchev–Trinajstić information content (AvgIpc) is 3.38. The van der Waals surface area contributed by atoms with Crippen LogP contribution < -0.4 is 10.6 Å². The summed E-state index contributed by atoms with van der Waals surface area (Å²) in [5.74, 6) is 0.541. The second kappa shape index (κ2) is 8.62. The quantitative estimate of drug-likeness (QED) is 0.667. The van der Waals surface area contributed by atoms with E-state index in [1.54, 1.807) is 12.1 Å². The minimum atomic E-state index is -0.364. The number of benzene rings is 1. The number of piperidine rings is 1. The van der Waals surface area contributed by atoms with Gasteiger partial charge in [0, 0.05) is 6.54 Å². The first-order chi connectivity index (χ1) is 13.7. The first kappa shape index (κ1) is 18.8. The molecule has 3 aromatic rings. The fourth-order valence-electron chi connectivity index (χ4n) is 3.40. The zero-order valence-corrected chi connectivity index (χ0v) is 16.2. The van der Waals surface area contributed by atoms with Crippen LogP contribution in [-0.2, 0) is 0 Å². The fourth-order valence-corrected chi connectivity index (χ4v) is 4.10. The second-order valence-electron chi connectivity index (χ2n) is 6.88. The number of thiophene rings is 1. The van der Waals surface area contributed by atoms with Crippen molar-refractivity contribution in [1.29, 1.82) is 0 Å². The van der Waals surface area contributed by atoms with Crippen LogP contribution in [0.3, 0.4) is 0 Å². The first-order valence-electron chi connectivity index (χ1n) is 9.46. The van der Waals surface area contributed by atoms with Crippen molar-refractivity contribution < 1.29 is 9.18 Å². The molecule has 3 heterocycles. The average molecular weight is 399 g/mol. The minimum Gasteiger partial charge on any atom is -0.349 e. The number of hydrogen-bond acceptors (Lipinski definition) is 5. The number of aromatic nitrogens is 3. The van der Waals surface area contributed by atoms with Gasteiger partial charge in [-0.1, -0.05) is 12.1 Å². The van der Waals surface area contributed by atoms with Crippen molar-refractivity contribution in [3.05, 3.63) is 53.4 Å². The van der Waals surface area contributed by atoms with E-state index in [2.05, 4.69) is 20.7 Å². The van der Waals surface area contributed by atoms with E-state index in [1.807, 2.05) is 17.5 Å². The molecule has 1 amide bonds. The summed E-state index contributed by atoms with van der Waals surface area (Å²) in [5, 5.41) is 12.6. The van der Waals surface area contributed by atoms with Crippen LogP contribution in [0.15, 0.2) is 41.8 Å². The summed E-state index contributed by atoms with van der Waals surface area (Å²) in [6, 6.07) is 9.92. The van der Waals surface area contributed by atoms with E-state index in [0.717, 1.165) is 24.4 Å². The Labute approximate surface area is 166 Å². The maximum absolute atomic E-state index is 13.7. The van der Waals surface area contributed by atoms with Crippen LogP contribution in [0.1, 0.15) is 29.9 Å². The van der Waals surface area contributed by atoms with E-state index in [-0.39, 0.29) is 17.5 Å². The number of rotatable bonds is 6. The monoisotopic (exact) mass is 399 g/mol. The molecule has 1 fully saturated rings. The van der Waals surface area contributed by atoms with Crippen molar-refractivity contribution >= 4 is 17.2 Å². The molecule has 1 unspecified atom stereocenters. The lowest BCUT2D eigenvalue weighted by Crippen LogP contribution is -2.33. The molecule has 2 N–H and O–H groups in total. The number of carbonyl (C=O) groups is 1. The van der Waals surface area contributed by atoms with Crippen molar-refractivity contribution in [3.8, 4) is 16.4 Å². The summed E-state index contributed by atoms with van der Waals surface area (Å²) in [4.78, 5) is 17.9. The Bertz CT molecular complexity index is 934. The normalized spacial score (nSPS) is 16.8. The predicted octanol–water partition coefficient (Wildman–Crippen LogP) is 3.25. The highest BCUT2D eigenvalue weighted by molar-refractivity contribution is 7.13. The van der Waals surface area contributed by atoms with E-state index in [1.165, 1.54) is 41.0 Å². The SMILES string of the molecule is O=C(NCCC1CCCNC1)c1nc(-c2cccs2)n(-c2cccc(F)c2)n1.